The highest BCUT2D eigenvalue weighted by molar-refractivity contribution is 7.92. The van der Waals surface area contributed by atoms with Crippen molar-refractivity contribution < 1.29 is 8.42 Å². The molecule has 1 aliphatic heterocycles. The molecule has 0 spiro atoms. The topological polar surface area (TPSA) is 86.4 Å². The molecular formula is C21H24ClN5O2S2. The SMILES string of the molecule is CNC1CCN(c2cc(C)ccc2Nc2ccc(S(=O)(=O)Nc3cscn3)cc2Cl)C1. The molecule has 1 aromatic heterocycles. The van der Waals surface area contributed by atoms with Crippen LogP contribution in [0.1, 0.15) is 12.0 Å². The molecule has 1 saturated heterocycles. The maximum atomic E-state index is 12.6. The molecule has 1 atom stereocenters. The van der Waals surface area contributed by atoms with Gasteiger partial charge in [-0.2, -0.15) is 0 Å². The normalized spacial score (nSPS) is 16.5. The molecule has 0 radical (unpaired) electrons. The molecule has 4 rings (SSSR count). The van der Waals surface area contributed by atoms with Crippen molar-refractivity contribution in [1.82, 2.24) is 10.3 Å². The van der Waals surface area contributed by atoms with Gasteiger partial charge in [-0.05, 0) is 56.3 Å². The Bertz CT molecular complexity index is 1170. The molecule has 0 bridgehead atoms. The molecule has 3 N–H and O–H groups in total. The summed E-state index contributed by atoms with van der Waals surface area (Å²) in [5.74, 6) is 0.290. The summed E-state index contributed by atoms with van der Waals surface area (Å²) in [5, 5.41) is 8.68. The lowest BCUT2D eigenvalue weighted by Crippen LogP contribution is -2.29. The first-order chi connectivity index (χ1) is 14.9. The summed E-state index contributed by atoms with van der Waals surface area (Å²) in [4.78, 5) is 6.39. The molecule has 1 unspecified atom stereocenters. The Kier molecular flexibility index (Phi) is 6.38. The summed E-state index contributed by atoms with van der Waals surface area (Å²) in [6.07, 6.45) is 1.09. The van der Waals surface area contributed by atoms with Gasteiger partial charge in [-0.1, -0.05) is 17.7 Å². The van der Waals surface area contributed by atoms with Crippen LogP contribution in [0.5, 0.6) is 0 Å². The maximum absolute atomic E-state index is 12.6. The van der Waals surface area contributed by atoms with Crippen LogP contribution in [0.4, 0.5) is 22.9 Å². The van der Waals surface area contributed by atoms with Crippen molar-refractivity contribution in [2.75, 3.05) is 35.1 Å². The Morgan fingerprint density at radius 2 is 2.00 bits per heavy atom. The minimum absolute atomic E-state index is 0.0802. The minimum atomic E-state index is -3.76. The van der Waals surface area contributed by atoms with Crippen LogP contribution in [0.3, 0.4) is 0 Å². The Hall–Kier alpha value is -2.33. The lowest BCUT2D eigenvalue weighted by molar-refractivity contribution is 0.601. The van der Waals surface area contributed by atoms with Crippen LogP contribution in [-0.4, -0.2) is 39.6 Å². The van der Waals surface area contributed by atoms with Gasteiger partial charge in [-0.25, -0.2) is 13.4 Å². The number of nitrogens with zero attached hydrogens (tertiary/aromatic N) is 2. The van der Waals surface area contributed by atoms with Crippen LogP contribution < -0.4 is 20.3 Å². The number of hydrogen-bond acceptors (Lipinski definition) is 7. The van der Waals surface area contributed by atoms with E-state index in [1.54, 1.807) is 17.0 Å². The Morgan fingerprint density at radius 1 is 1.19 bits per heavy atom. The zero-order valence-corrected chi connectivity index (χ0v) is 19.6. The second-order valence-corrected chi connectivity index (χ2v) is 10.3. The predicted molar refractivity (Wildman–Crippen MR) is 129 cm³/mol. The maximum Gasteiger partial charge on any atom is 0.263 e. The summed E-state index contributed by atoms with van der Waals surface area (Å²) in [6.45, 7) is 3.97. The van der Waals surface area contributed by atoms with Crippen molar-refractivity contribution in [3.63, 3.8) is 0 Å². The van der Waals surface area contributed by atoms with Crippen LogP contribution in [0.25, 0.3) is 0 Å². The van der Waals surface area contributed by atoms with Crippen molar-refractivity contribution in [3.05, 3.63) is 57.9 Å². The van der Waals surface area contributed by atoms with E-state index in [2.05, 4.69) is 38.2 Å². The summed E-state index contributed by atoms with van der Waals surface area (Å²) in [5.41, 5.74) is 5.42. The van der Waals surface area contributed by atoms with E-state index in [9.17, 15) is 8.42 Å². The van der Waals surface area contributed by atoms with Gasteiger partial charge in [0.05, 0.1) is 32.5 Å². The number of rotatable bonds is 7. The Balaban J connectivity index is 1.58. The largest absolute Gasteiger partial charge is 0.368 e. The third kappa shape index (κ3) is 4.95. The van der Waals surface area contributed by atoms with Crippen molar-refractivity contribution in [2.24, 2.45) is 0 Å². The molecule has 2 aromatic carbocycles. The molecule has 2 heterocycles. The van der Waals surface area contributed by atoms with Gasteiger partial charge in [0, 0.05) is 24.5 Å². The van der Waals surface area contributed by atoms with E-state index >= 15 is 0 Å². The first-order valence-electron chi connectivity index (χ1n) is 9.86. The van der Waals surface area contributed by atoms with Gasteiger partial charge >= 0.3 is 0 Å². The van der Waals surface area contributed by atoms with E-state index in [1.807, 2.05) is 19.2 Å². The molecule has 1 fully saturated rings. The standard InChI is InChI=1S/C21H24ClN5O2S2/c1-14-3-5-19(20(9-14)27-8-7-15(11-27)23-2)25-18-6-4-16(10-17(18)22)31(28,29)26-21-12-30-13-24-21/h3-6,9-10,12-13,15,23,25-26H,7-8,11H2,1-2H3. The Morgan fingerprint density at radius 3 is 2.68 bits per heavy atom. The van der Waals surface area contributed by atoms with E-state index in [-0.39, 0.29) is 10.7 Å². The fourth-order valence-corrected chi connectivity index (χ4v) is 5.47. The highest BCUT2D eigenvalue weighted by atomic mass is 35.5. The van der Waals surface area contributed by atoms with Crippen LogP contribution in [-0.2, 0) is 10.0 Å². The molecule has 10 heteroatoms. The molecule has 0 saturated carbocycles. The number of halogens is 1. The molecule has 1 aliphatic rings. The van der Waals surface area contributed by atoms with Crippen molar-refractivity contribution in [3.8, 4) is 0 Å². The van der Waals surface area contributed by atoms with Gasteiger partial charge in [0.1, 0.15) is 0 Å². The summed E-state index contributed by atoms with van der Waals surface area (Å²) in [7, 11) is -1.78. The molecule has 3 aromatic rings. The predicted octanol–water partition coefficient (Wildman–Crippen LogP) is 4.45. The lowest BCUT2D eigenvalue weighted by atomic mass is 10.1. The van der Waals surface area contributed by atoms with Gasteiger partial charge in [0.15, 0.2) is 5.82 Å². The number of aromatic nitrogens is 1. The zero-order valence-electron chi connectivity index (χ0n) is 17.2. The van der Waals surface area contributed by atoms with E-state index in [4.69, 9.17) is 11.6 Å². The first kappa shape index (κ1) is 21.9. The quantitative estimate of drug-likeness (QED) is 0.466. The molecule has 164 valence electrons. The van der Waals surface area contributed by atoms with Gasteiger partial charge in [0.25, 0.3) is 10.0 Å². The fraction of sp³-hybridized carbons (Fsp3) is 0.286. The van der Waals surface area contributed by atoms with Crippen LogP contribution in [0.2, 0.25) is 5.02 Å². The minimum Gasteiger partial charge on any atom is -0.368 e. The van der Waals surface area contributed by atoms with Crippen LogP contribution in [0, 0.1) is 6.92 Å². The average Bonchev–Trinajstić information content (AvgIpc) is 3.42. The number of benzene rings is 2. The third-order valence-corrected chi connectivity index (χ3v) is 7.53. The molecule has 0 aliphatic carbocycles. The van der Waals surface area contributed by atoms with E-state index in [1.165, 1.54) is 29.0 Å². The number of hydrogen-bond donors (Lipinski definition) is 3. The number of nitrogens with one attached hydrogen (secondary N) is 3. The lowest BCUT2D eigenvalue weighted by Gasteiger charge is -2.24. The summed E-state index contributed by atoms with van der Waals surface area (Å²) < 4.78 is 27.7. The number of likely N-dealkylation sites (N-methyl/N-ethyl adjacent to an activating group) is 1. The highest BCUT2D eigenvalue weighted by Crippen LogP contribution is 2.35. The average molecular weight is 478 g/mol. The number of thiazole rings is 1. The second kappa shape index (κ2) is 9.04. The van der Waals surface area contributed by atoms with Crippen molar-refractivity contribution in [2.45, 2.75) is 24.3 Å². The van der Waals surface area contributed by atoms with Gasteiger partial charge in [-0.15, -0.1) is 11.3 Å². The van der Waals surface area contributed by atoms with Crippen molar-refractivity contribution in [1.29, 1.82) is 0 Å². The molecule has 7 nitrogen and oxygen atoms in total. The van der Waals surface area contributed by atoms with Crippen LogP contribution in [0.15, 0.2) is 52.2 Å². The number of anilines is 4. The first-order valence-corrected chi connectivity index (χ1v) is 12.7. The zero-order chi connectivity index (χ0) is 22.0. The van der Waals surface area contributed by atoms with Gasteiger partial charge in [0.2, 0.25) is 0 Å². The van der Waals surface area contributed by atoms with Gasteiger partial charge < -0.3 is 15.5 Å². The monoisotopic (exact) mass is 477 g/mol. The van der Waals surface area contributed by atoms with Crippen molar-refractivity contribution >= 4 is 55.8 Å². The van der Waals surface area contributed by atoms with E-state index < -0.39 is 10.0 Å². The van der Waals surface area contributed by atoms with Crippen LogP contribution >= 0.6 is 22.9 Å². The van der Waals surface area contributed by atoms with Gasteiger partial charge in [-0.3, -0.25) is 4.72 Å². The number of aryl methyl sites for hydroxylation is 1. The summed E-state index contributed by atoms with van der Waals surface area (Å²) in [6, 6.07) is 11.4. The third-order valence-electron chi connectivity index (χ3n) is 5.28. The van der Waals surface area contributed by atoms with E-state index in [0.717, 1.165) is 30.9 Å². The molecule has 31 heavy (non-hydrogen) atoms. The highest BCUT2D eigenvalue weighted by Gasteiger charge is 2.23. The molecule has 0 amide bonds. The van der Waals surface area contributed by atoms with E-state index in [0.29, 0.717) is 16.8 Å². The Labute approximate surface area is 191 Å². The number of sulfonamides is 1. The molecular weight excluding hydrogens is 454 g/mol. The summed E-state index contributed by atoms with van der Waals surface area (Å²) >= 11 is 7.78. The smallest absolute Gasteiger partial charge is 0.263 e. The fourth-order valence-electron chi connectivity index (χ4n) is 3.59. The second-order valence-electron chi connectivity index (χ2n) is 7.49.